The van der Waals surface area contributed by atoms with Crippen LogP contribution in [0.2, 0.25) is 0 Å². The number of esters is 1. The molecule has 0 radical (unpaired) electrons. The molecule has 0 bridgehead atoms. The van der Waals surface area contributed by atoms with Gasteiger partial charge in [0.05, 0.1) is 6.61 Å². The molecule has 0 aromatic rings. The number of rotatable bonds is 6. The first kappa shape index (κ1) is 15.4. The van der Waals surface area contributed by atoms with Gasteiger partial charge in [-0.3, -0.25) is 4.79 Å². The standard InChI is InChI=1S/C13H21NO3/c1-7-11(15)14(6)8-13(4,5)9-17-12(16)10(2)3/h7H,1-2,8-9H2,3-6H3. The van der Waals surface area contributed by atoms with Gasteiger partial charge in [-0.05, 0) is 13.0 Å². The van der Waals surface area contributed by atoms with Crippen LogP contribution in [0.4, 0.5) is 0 Å². The molecule has 0 spiro atoms. The zero-order chi connectivity index (χ0) is 13.6. The fourth-order valence-electron chi connectivity index (χ4n) is 1.31. The van der Waals surface area contributed by atoms with Gasteiger partial charge >= 0.3 is 5.97 Å². The van der Waals surface area contributed by atoms with E-state index in [0.29, 0.717) is 12.1 Å². The predicted molar refractivity (Wildman–Crippen MR) is 67.4 cm³/mol. The van der Waals surface area contributed by atoms with Crippen LogP contribution in [0, 0.1) is 5.41 Å². The van der Waals surface area contributed by atoms with Crippen LogP contribution < -0.4 is 0 Å². The maximum Gasteiger partial charge on any atom is 0.333 e. The summed E-state index contributed by atoms with van der Waals surface area (Å²) < 4.78 is 5.08. The molecule has 0 rings (SSSR count). The number of ether oxygens (including phenoxy) is 1. The van der Waals surface area contributed by atoms with Crippen LogP contribution in [0.25, 0.3) is 0 Å². The molecule has 0 N–H and O–H groups in total. The normalized spacial score (nSPS) is 10.6. The second kappa shape index (κ2) is 6.23. The van der Waals surface area contributed by atoms with Gasteiger partial charge in [0, 0.05) is 24.6 Å². The molecule has 0 aliphatic carbocycles. The summed E-state index contributed by atoms with van der Waals surface area (Å²) in [5.74, 6) is -0.555. The zero-order valence-electron chi connectivity index (χ0n) is 11.1. The molecule has 0 aromatic carbocycles. The predicted octanol–water partition coefficient (Wildman–Crippen LogP) is 1.78. The van der Waals surface area contributed by atoms with Crippen molar-refractivity contribution < 1.29 is 14.3 Å². The average Bonchev–Trinajstić information content (AvgIpc) is 2.23. The molecule has 0 saturated carbocycles. The molecule has 17 heavy (non-hydrogen) atoms. The molecule has 0 aliphatic heterocycles. The highest BCUT2D eigenvalue weighted by molar-refractivity contribution is 5.87. The first-order chi connectivity index (χ1) is 7.69. The van der Waals surface area contributed by atoms with E-state index in [1.54, 1.807) is 18.9 Å². The maximum atomic E-state index is 11.3. The molecule has 4 heteroatoms. The molecule has 0 atom stereocenters. The van der Waals surface area contributed by atoms with Crippen molar-refractivity contribution in [1.29, 1.82) is 0 Å². The summed E-state index contributed by atoms with van der Waals surface area (Å²) in [5.41, 5.74) is 0.0646. The SMILES string of the molecule is C=CC(=O)N(C)CC(C)(C)COC(=O)C(=C)C. The van der Waals surface area contributed by atoms with Crippen LogP contribution >= 0.6 is 0 Å². The molecule has 0 saturated heterocycles. The fourth-order valence-corrected chi connectivity index (χ4v) is 1.31. The van der Waals surface area contributed by atoms with E-state index in [2.05, 4.69) is 13.2 Å². The Kier molecular flexibility index (Phi) is 5.65. The molecular weight excluding hydrogens is 218 g/mol. The van der Waals surface area contributed by atoms with Crippen molar-refractivity contribution in [3.05, 3.63) is 24.8 Å². The van der Waals surface area contributed by atoms with Crippen LogP contribution in [0.15, 0.2) is 24.8 Å². The molecule has 0 unspecified atom stereocenters. The number of hydrogen-bond acceptors (Lipinski definition) is 3. The minimum absolute atomic E-state index is 0.149. The number of likely N-dealkylation sites (N-methyl/N-ethyl adjacent to an activating group) is 1. The van der Waals surface area contributed by atoms with Crippen molar-refractivity contribution >= 4 is 11.9 Å². The van der Waals surface area contributed by atoms with Crippen molar-refractivity contribution in [2.45, 2.75) is 20.8 Å². The molecular formula is C13H21NO3. The highest BCUT2D eigenvalue weighted by atomic mass is 16.5. The Morgan fingerprint density at radius 3 is 2.35 bits per heavy atom. The van der Waals surface area contributed by atoms with Gasteiger partial charge in [-0.2, -0.15) is 0 Å². The topological polar surface area (TPSA) is 46.6 Å². The average molecular weight is 239 g/mol. The minimum Gasteiger partial charge on any atom is -0.462 e. The van der Waals surface area contributed by atoms with Gasteiger partial charge in [0.2, 0.25) is 5.91 Å². The van der Waals surface area contributed by atoms with Crippen LogP contribution in [0.1, 0.15) is 20.8 Å². The van der Waals surface area contributed by atoms with E-state index in [1.807, 2.05) is 13.8 Å². The largest absolute Gasteiger partial charge is 0.462 e. The summed E-state index contributed by atoms with van der Waals surface area (Å²) in [5, 5.41) is 0. The lowest BCUT2D eigenvalue weighted by Crippen LogP contribution is -2.38. The Labute approximate surface area is 103 Å². The minimum atomic E-state index is -0.407. The first-order valence-corrected chi connectivity index (χ1v) is 5.40. The Balaban J connectivity index is 4.29. The fraction of sp³-hybridized carbons (Fsp3) is 0.538. The molecule has 0 heterocycles. The monoisotopic (exact) mass is 239 g/mol. The van der Waals surface area contributed by atoms with Crippen LogP contribution in [0.3, 0.4) is 0 Å². The Bertz CT molecular complexity index is 332. The highest BCUT2D eigenvalue weighted by Crippen LogP contribution is 2.17. The van der Waals surface area contributed by atoms with Crippen molar-refractivity contribution in [1.82, 2.24) is 4.90 Å². The number of carbonyl (C=O) groups is 2. The zero-order valence-corrected chi connectivity index (χ0v) is 11.1. The number of nitrogens with zero attached hydrogens (tertiary/aromatic N) is 1. The smallest absolute Gasteiger partial charge is 0.333 e. The summed E-state index contributed by atoms with van der Waals surface area (Å²) in [7, 11) is 1.69. The number of carbonyl (C=O) groups excluding carboxylic acids is 2. The second-order valence-electron chi connectivity index (χ2n) is 4.92. The van der Waals surface area contributed by atoms with E-state index in [4.69, 9.17) is 4.74 Å². The van der Waals surface area contributed by atoms with Crippen molar-refractivity contribution in [2.75, 3.05) is 20.2 Å². The van der Waals surface area contributed by atoms with Crippen molar-refractivity contribution in [3.8, 4) is 0 Å². The molecule has 0 aromatic heterocycles. The molecule has 1 amide bonds. The van der Waals surface area contributed by atoms with Crippen molar-refractivity contribution in [3.63, 3.8) is 0 Å². The van der Waals surface area contributed by atoms with Crippen LogP contribution in [-0.2, 0) is 14.3 Å². The lowest BCUT2D eigenvalue weighted by molar-refractivity contribution is -0.142. The number of hydrogen-bond donors (Lipinski definition) is 0. The van der Waals surface area contributed by atoms with Crippen molar-refractivity contribution in [2.24, 2.45) is 5.41 Å². The maximum absolute atomic E-state index is 11.3. The Hall–Kier alpha value is -1.58. The van der Waals surface area contributed by atoms with Crippen LogP contribution in [-0.4, -0.2) is 37.0 Å². The lowest BCUT2D eigenvalue weighted by Gasteiger charge is -2.29. The lowest BCUT2D eigenvalue weighted by atomic mass is 9.94. The summed E-state index contributed by atoms with van der Waals surface area (Å²) in [4.78, 5) is 24.1. The third kappa shape index (κ3) is 5.90. The molecule has 96 valence electrons. The quantitative estimate of drug-likeness (QED) is 0.524. The summed E-state index contributed by atoms with van der Waals surface area (Å²) >= 11 is 0. The van der Waals surface area contributed by atoms with Gasteiger partial charge in [0.25, 0.3) is 0 Å². The van der Waals surface area contributed by atoms with Gasteiger partial charge in [-0.1, -0.05) is 27.0 Å². The summed E-state index contributed by atoms with van der Waals surface area (Å²) in [6.07, 6.45) is 1.26. The second-order valence-corrected chi connectivity index (χ2v) is 4.92. The molecule has 0 fully saturated rings. The van der Waals surface area contributed by atoms with Gasteiger partial charge in [-0.25, -0.2) is 4.79 Å². The van der Waals surface area contributed by atoms with E-state index in [9.17, 15) is 9.59 Å². The summed E-state index contributed by atoms with van der Waals surface area (Å²) in [6, 6.07) is 0. The van der Waals surface area contributed by atoms with E-state index < -0.39 is 5.97 Å². The van der Waals surface area contributed by atoms with E-state index in [1.165, 1.54) is 6.08 Å². The third-order valence-electron chi connectivity index (χ3n) is 2.16. The van der Waals surface area contributed by atoms with Crippen LogP contribution in [0.5, 0.6) is 0 Å². The van der Waals surface area contributed by atoms with E-state index in [0.717, 1.165) is 0 Å². The van der Waals surface area contributed by atoms with Gasteiger partial charge in [0.1, 0.15) is 0 Å². The highest BCUT2D eigenvalue weighted by Gasteiger charge is 2.24. The van der Waals surface area contributed by atoms with Gasteiger partial charge in [-0.15, -0.1) is 0 Å². The Morgan fingerprint density at radius 1 is 1.41 bits per heavy atom. The van der Waals surface area contributed by atoms with Gasteiger partial charge < -0.3 is 9.64 Å². The Morgan fingerprint density at radius 2 is 1.94 bits per heavy atom. The molecule has 0 aliphatic rings. The van der Waals surface area contributed by atoms with E-state index >= 15 is 0 Å². The molecule has 4 nitrogen and oxygen atoms in total. The van der Waals surface area contributed by atoms with E-state index in [-0.39, 0.29) is 17.9 Å². The number of amides is 1. The first-order valence-electron chi connectivity index (χ1n) is 5.40. The van der Waals surface area contributed by atoms with Gasteiger partial charge in [0.15, 0.2) is 0 Å². The summed E-state index contributed by atoms with van der Waals surface area (Å²) in [6.45, 7) is 13.1. The third-order valence-corrected chi connectivity index (χ3v) is 2.16.